The summed E-state index contributed by atoms with van der Waals surface area (Å²) in [7, 11) is 0. The summed E-state index contributed by atoms with van der Waals surface area (Å²) in [6, 6.07) is 32.2. The molecule has 0 spiro atoms. The number of ether oxygens (including phenoxy) is 2. The molecule has 4 aromatic carbocycles. The number of hydrogen-bond donors (Lipinski definition) is 0. The molecule has 0 fully saturated rings. The molecule has 43 heavy (non-hydrogen) atoms. The highest BCUT2D eigenvalue weighted by Gasteiger charge is 2.26. The molecule has 0 aliphatic heterocycles. The van der Waals surface area contributed by atoms with E-state index in [0.717, 1.165) is 37.2 Å². The molecule has 0 aromatic heterocycles. The molecule has 4 aromatic rings. The quantitative estimate of drug-likeness (QED) is 0.149. The van der Waals surface area contributed by atoms with Crippen LogP contribution in [0.25, 0.3) is 0 Å². The maximum absolute atomic E-state index is 13.1. The average molecular weight is 577 g/mol. The third-order valence-electron chi connectivity index (χ3n) is 9.77. The van der Waals surface area contributed by atoms with E-state index in [0.29, 0.717) is 16.9 Å². The number of hydrogen-bond acceptors (Lipinski definition) is 3. The van der Waals surface area contributed by atoms with Crippen LogP contribution in [0.4, 0.5) is 0 Å². The third kappa shape index (κ3) is 7.21. The van der Waals surface area contributed by atoms with Gasteiger partial charge in [-0.3, -0.25) is 4.79 Å². The van der Waals surface area contributed by atoms with Crippen LogP contribution in [0.5, 0.6) is 17.2 Å². The molecule has 0 N–H and O–H groups in total. The van der Waals surface area contributed by atoms with Crippen molar-refractivity contribution in [1.82, 2.24) is 0 Å². The van der Waals surface area contributed by atoms with Crippen LogP contribution in [0.15, 0.2) is 97.1 Å². The van der Waals surface area contributed by atoms with E-state index in [1.165, 1.54) is 16.7 Å². The van der Waals surface area contributed by atoms with E-state index in [1.54, 1.807) is 0 Å². The molecular formula is C40H48O3. The molecule has 0 saturated carbocycles. The highest BCUT2D eigenvalue weighted by atomic mass is 16.5. The Hall–Kier alpha value is -3.85. The van der Waals surface area contributed by atoms with Gasteiger partial charge in [0.25, 0.3) is 0 Å². The van der Waals surface area contributed by atoms with E-state index in [2.05, 4.69) is 91.8 Å². The highest BCUT2D eigenvalue weighted by Crippen LogP contribution is 2.36. The van der Waals surface area contributed by atoms with E-state index >= 15 is 0 Å². The molecule has 0 aliphatic rings. The lowest BCUT2D eigenvalue weighted by Gasteiger charge is -2.30. The minimum absolute atomic E-state index is 0.0273. The van der Waals surface area contributed by atoms with Crippen LogP contribution in [0, 0.1) is 0 Å². The van der Waals surface area contributed by atoms with Crippen LogP contribution in [0.2, 0.25) is 0 Å². The second kappa shape index (κ2) is 13.2. The highest BCUT2D eigenvalue weighted by molar-refractivity contribution is 6.09. The van der Waals surface area contributed by atoms with Gasteiger partial charge >= 0.3 is 0 Å². The van der Waals surface area contributed by atoms with Crippen molar-refractivity contribution in [1.29, 1.82) is 0 Å². The standard InChI is InChI=1S/C40H48O3/c1-9-39(7,10-2)33-19-17-31(18-20-33)38(5,6)32-21-27-35(28-22-32)42-34-23-13-29(14-24-34)37(41)30-15-25-36(26-16-30)43-40(8,11-3)12-4/h13-28H,9-12H2,1-8H3. The van der Waals surface area contributed by atoms with Crippen molar-refractivity contribution in [3.05, 3.63) is 125 Å². The molecule has 226 valence electrons. The van der Waals surface area contributed by atoms with Crippen molar-refractivity contribution >= 4 is 5.78 Å². The number of rotatable bonds is 13. The zero-order chi connectivity index (χ0) is 31.3. The third-order valence-corrected chi connectivity index (χ3v) is 9.77. The number of carbonyl (C=O) groups is 1. The molecule has 0 saturated heterocycles. The van der Waals surface area contributed by atoms with E-state index in [4.69, 9.17) is 9.47 Å². The summed E-state index contributed by atoms with van der Waals surface area (Å²) in [6.07, 6.45) is 4.11. The fourth-order valence-corrected chi connectivity index (χ4v) is 5.38. The molecule has 4 rings (SSSR count). The average Bonchev–Trinajstić information content (AvgIpc) is 3.05. The van der Waals surface area contributed by atoms with E-state index in [9.17, 15) is 4.79 Å². The van der Waals surface area contributed by atoms with E-state index in [1.807, 2.05) is 60.7 Å². The van der Waals surface area contributed by atoms with Gasteiger partial charge in [-0.1, -0.05) is 84.9 Å². The van der Waals surface area contributed by atoms with E-state index < -0.39 is 0 Å². The zero-order valence-corrected chi connectivity index (χ0v) is 27.3. The van der Waals surface area contributed by atoms with Gasteiger partial charge in [0.1, 0.15) is 22.8 Å². The predicted molar refractivity (Wildman–Crippen MR) is 179 cm³/mol. The van der Waals surface area contributed by atoms with Gasteiger partial charge in [-0.25, -0.2) is 0 Å². The van der Waals surface area contributed by atoms with Gasteiger partial charge in [0.15, 0.2) is 5.78 Å². The van der Waals surface area contributed by atoms with Gasteiger partial charge in [-0.2, -0.15) is 0 Å². The first-order chi connectivity index (χ1) is 20.5. The van der Waals surface area contributed by atoms with Gasteiger partial charge in [0, 0.05) is 16.5 Å². The summed E-state index contributed by atoms with van der Waals surface area (Å²) in [5, 5.41) is 0. The van der Waals surface area contributed by atoms with Crippen LogP contribution in [-0.2, 0) is 10.8 Å². The fourth-order valence-electron chi connectivity index (χ4n) is 5.38. The van der Waals surface area contributed by atoms with Crippen LogP contribution in [-0.4, -0.2) is 11.4 Å². The molecular weight excluding hydrogens is 528 g/mol. The molecule has 0 amide bonds. The Balaban J connectivity index is 1.40. The number of carbonyl (C=O) groups excluding carboxylic acids is 1. The van der Waals surface area contributed by atoms with Crippen molar-refractivity contribution in [3.63, 3.8) is 0 Å². The Labute approximate surface area is 259 Å². The second-order valence-corrected chi connectivity index (χ2v) is 12.7. The first-order valence-corrected chi connectivity index (χ1v) is 15.8. The molecule has 0 bridgehead atoms. The molecule has 0 unspecified atom stereocenters. The van der Waals surface area contributed by atoms with Gasteiger partial charge in [-0.15, -0.1) is 0 Å². The lowest BCUT2D eigenvalue weighted by atomic mass is 9.74. The van der Waals surface area contributed by atoms with Crippen molar-refractivity contribution in [2.75, 3.05) is 0 Å². The van der Waals surface area contributed by atoms with E-state index in [-0.39, 0.29) is 22.2 Å². The Morgan fingerprint density at radius 3 is 1.30 bits per heavy atom. The lowest BCUT2D eigenvalue weighted by molar-refractivity contribution is 0.0803. The lowest BCUT2D eigenvalue weighted by Crippen LogP contribution is -2.30. The maximum atomic E-state index is 13.1. The van der Waals surface area contributed by atoms with Crippen LogP contribution >= 0.6 is 0 Å². The van der Waals surface area contributed by atoms with Crippen molar-refractivity contribution in [2.45, 2.75) is 97.5 Å². The topological polar surface area (TPSA) is 35.5 Å². The smallest absolute Gasteiger partial charge is 0.193 e. The minimum Gasteiger partial charge on any atom is -0.488 e. The normalized spacial score (nSPS) is 12.2. The van der Waals surface area contributed by atoms with Gasteiger partial charge < -0.3 is 9.47 Å². The molecule has 3 heteroatoms. The summed E-state index contributed by atoms with van der Waals surface area (Å²) in [5.41, 5.74) is 5.07. The minimum atomic E-state index is -0.199. The summed E-state index contributed by atoms with van der Waals surface area (Å²) < 4.78 is 12.3. The maximum Gasteiger partial charge on any atom is 0.193 e. The Kier molecular flexibility index (Phi) is 9.85. The molecule has 0 heterocycles. The zero-order valence-electron chi connectivity index (χ0n) is 27.3. The Morgan fingerprint density at radius 2 is 0.884 bits per heavy atom. The molecule has 0 radical (unpaired) electrons. The van der Waals surface area contributed by atoms with Crippen molar-refractivity contribution < 1.29 is 14.3 Å². The monoisotopic (exact) mass is 576 g/mol. The summed E-state index contributed by atoms with van der Waals surface area (Å²) in [5.74, 6) is 2.21. The number of benzene rings is 4. The van der Waals surface area contributed by atoms with Crippen molar-refractivity contribution in [3.8, 4) is 17.2 Å². The fraction of sp³-hybridized carbons (Fsp3) is 0.375. The van der Waals surface area contributed by atoms with Gasteiger partial charge in [-0.05, 0) is 115 Å². The molecule has 0 atom stereocenters. The van der Waals surface area contributed by atoms with Crippen molar-refractivity contribution in [2.24, 2.45) is 0 Å². The summed E-state index contributed by atoms with van der Waals surface area (Å²) >= 11 is 0. The first-order valence-electron chi connectivity index (χ1n) is 15.8. The number of ketones is 1. The van der Waals surface area contributed by atoms with Crippen LogP contribution in [0.3, 0.4) is 0 Å². The van der Waals surface area contributed by atoms with Gasteiger partial charge in [0.05, 0.1) is 0 Å². The van der Waals surface area contributed by atoms with Crippen LogP contribution < -0.4 is 9.47 Å². The SMILES string of the molecule is CCC(C)(CC)Oc1ccc(C(=O)c2ccc(Oc3ccc(C(C)(C)c4ccc(C(C)(CC)CC)cc4)cc3)cc2)cc1. The predicted octanol–water partition coefficient (Wildman–Crippen LogP) is 11.1. The second-order valence-electron chi connectivity index (χ2n) is 12.7. The molecule has 0 aliphatic carbocycles. The largest absolute Gasteiger partial charge is 0.488 e. The van der Waals surface area contributed by atoms with Gasteiger partial charge in [0.2, 0.25) is 0 Å². The first kappa shape index (κ1) is 32.1. The summed E-state index contributed by atoms with van der Waals surface area (Å²) in [6.45, 7) is 17.8. The molecule has 3 nitrogen and oxygen atoms in total. The van der Waals surface area contributed by atoms with Crippen LogP contribution in [0.1, 0.15) is 114 Å². The Bertz CT molecular complexity index is 1470. The Morgan fingerprint density at radius 1 is 0.512 bits per heavy atom. The summed E-state index contributed by atoms with van der Waals surface area (Å²) in [4.78, 5) is 13.1.